The normalized spacial score (nSPS) is 14.9. The number of rotatable bonds is 8. The third-order valence-corrected chi connectivity index (χ3v) is 3.08. The lowest BCUT2D eigenvalue weighted by molar-refractivity contribution is -0.139. The summed E-state index contributed by atoms with van der Waals surface area (Å²) < 4.78 is 5.00. The van der Waals surface area contributed by atoms with Crippen molar-refractivity contribution in [2.45, 2.75) is 45.4 Å². The van der Waals surface area contributed by atoms with Crippen LogP contribution in [0.25, 0.3) is 0 Å². The van der Waals surface area contributed by atoms with E-state index in [1.165, 1.54) is 0 Å². The predicted octanol–water partition coefficient (Wildman–Crippen LogP) is 2.29. The van der Waals surface area contributed by atoms with Gasteiger partial charge in [0.05, 0.1) is 6.61 Å². The summed E-state index contributed by atoms with van der Waals surface area (Å²) in [6, 6.07) is 0. The summed E-state index contributed by atoms with van der Waals surface area (Å²) in [6.07, 6.45) is 5.76. The molecular weight excluding hydrogens is 230 g/mol. The maximum atomic E-state index is 11.3. The van der Waals surface area contributed by atoms with E-state index < -0.39 is 0 Å². The van der Waals surface area contributed by atoms with Gasteiger partial charge in [0, 0.05) is 25.1 Å². The van der Waals surface area contributed by atoms with Gasteiger partial charge in [-0.1, -0.05) is 13.0 Å². The van der Waals surface area contributed by atoms with E-state index in [1.807, 2.05) is 4.90 Å². The Morgan fingerprint density at radius 3 is 2.67 bits per heavy atom. The lowest BCUT2D eigenvalue weighted by Crippen LogP contribution is -2.25. The third-order valence-electron chi connectivity index (χ3n) is 3.08. The second-order valence-corrected chi connectivity index (χ2v) is 4.81. The first-order chi connectivity index (χ1) is 8.61. The Bertz CT molecular complexity index is 312. The Labute approximate surface area is 109 Å². The minimum absolute atomic E-state index is 0.297. The first kappa shape index (κ1) is 14.7. The Morgan fingerprint density at radius 1 is 1.33 bits per heavy atom. The first-order valence-corrected chi connectivity index (χ1v) is 6.71. The maximum Gasteiger partial charge on any atom is 0.333 e. The monoisotopic (exact) mass is 253 g/mol. The SMILES string of the molecule is C=C(C)C(=O)OCCCCCCN1CCCC1=O. The molecule has 1 amide bonds. The summed E-state index contributed by atoms with van der Waals surface area (Å²) in [5, 5.41) is 0. The predicted molar refractivity (Wildman–Crippen MR) is 70.1 cm³/mol. The topological polar surface area (TPSA) is 46.6 Å². The molecule has 0 saturated carbocycles. The molecule has 1 heterocycles. The number of carbonyl (C=O) groups excluding carboxylic acids is 2. The standard InChI is InChI=1S/C14H23NO3/c1-12(2)14(17)18-11-6-4-3-5-9-15-10-7-8-13(15)16/h1,3-11H2,2H3. The minimum Gasteiger partial charge on any atom is -0.462 e. The number of amides is 1. The number of hydrogen-bond donors (Lipinski definition) is 0. The van der Waals surface area contributed by atoms with Gasteiger partial charge >= 0.3 is 5.97 Å². The summed E-state index contributed by atoms with van der Waals surface area (Å²) in [6.45, 7) is 7.44. The summed E-state index contributed by atoms with van der Waals surface area (Å²) in [5.74, 6) is -0.0111. The summed E-state index contributed by atoms with van der Waals surface area (Å²) in [4.78, 5) is 24.4. The van der Waals surface area contributed by atoms with Crippen molar-refractivity contribution < 1.29 is 14.3 Å². The highest BCUT2D eigenvalue weighted by atomic mass is 16.5. The molecule has 0 bridgehead atoms. The van der Waals surface area contributed by atoms with E-state index in [4.69, 9.17) is 4.74 Å². The molecule has 0 radical (unpaired) electrons. The second-order valence-electron chi connectivity index (χ2n) is 4.81. The lowest BCUT2D eigenvalue weighted by atomic mass is 10.2. The van der Waals surface area contributed by atoms with Crippen LogP contribution in [-0.2, 0) is 14.3 Å². The molecule has 1 rings (SSSR count). The van der Waals surface area contributed by atoms with Crippen molar-refractivity contribution in [3.05, 3.63) is 12.2 Å². The molecule has 0 atom stereocenters. The number of esters is 1. The third kappa shape index (κ3) is 5.34. The smallest absolute Gasteiger partial charge is 0.333 e. The molecule has 0 N–H and O–H groups in total. The number of ether oxygens (including phenoxy) is 1. The van der Waals surface area contributed by atoms with Crippen molar-refractivity contribution >= 4 is 11.9 Å². The Balaban J connectivity index is 1.91. The maximum absolute atomic E-state index is 11.3. The molecule has 1 aliphatic heterocycles. The highest BCUT2D eigenvalue weighted by molar-refractivity contribution is 5.86. The zero-order valence-corrected chi connectivity index (χ0v) is 11.2. The van der Waals surface area contributed by atoms with E-state index in [-0.39, 0.29) is 5.97 Å². The van der Waals surface area contributed by atoms with Gasteiger partial charge in [-0.3, -0.25) is 4.79 Å². The van der Waals surface area contributed by atoms with E-state index in [0.717, 1.165) is 51.6 Å². The van der Waals surface area contributed by atoms with Crippen LogP contribution in [0.2, 0.25) is 0 Å². The average molecular weight is 253 g/mol. The van der Waals surface area contributed by atoms with E-state index in [1.54, 1.807) is 6.92 Å². The van der Waals surface area contributed by atoms with E-state index >= 15 is 0 Å². The van der Waals surface area contributed by atoms with Crippen molar-refractivity contribution in [2.24, 2.45) is 0 Å². The Kier molecular flexibility index (Phi) is 6.47. The van der Waals surface area contributed by atoms with Gasteiger partial charge in [0.1, 0.15) is 0 Å². The van der Waals surface area contributed by atoms with Gasteiger partial charge < -0.3 is 9.64 Å². The molecule has 1 fully saturated rings. The summed E-state index contributed by atoms with van der Waals surface area (Å²) in [5.41, 5.74) is 0.447. The van der Waals surface area contributed by atoms with Gasteiger partial charge in [0.15, 0.2) is 0 Å². The van der Waals surface area contributed by atoms with E-state index in [0.29, 0.717) is 18.1 Å². The molecule has 0 aromatic carbocycles. The van der Waals surface area contributed by atoms with Gasteiger partial charge in [-0.25, -0.2) is 4.79 Å². The van der Waals surface area contributed by atoms with E-state index in [2.05, 4.69) is 6.58 Å². The molecule has 0 unspecified atom stereocenters. The summed E-state index contributed by atoms with van der Waals surface area (Å²) >= 11 is 0. The quantitative estimate of drug-likeness (QED) is 0.379. The minimum atomic E-state index is -0.308. The number of likely N-dealkylation sites (tertiary alicyclic amines) is 1. The molecule has 102 valence electrons. The van der Waals surface area contributed by atoms with Crippen LogP contribution in [-0.4, -0.2) is 36.5 Å². The number of unbranched alkanes of at least 4 members (excludes halogenated alkanes) is 3. The van der Waals surface area contributed by atoms with Gasteiger partial charge in [0.2, 0.25) is 5.91 Å². The molecule has 0 aromatic rings. The van der Waals surface area contributed by atoms with Crippen LogP contribution in [0.5, 0.6) is 0 Å². The second kappa shape index (κ2) is 7.90. The van der Waals surface area contributed by atoms with Crippen molar-refractivity contribution in [1.82, 2.24) is 4.90 Å². The van der Waals surface area contributed by atoms with Gasteiger partial charge in [-0.2, -0.15) is 0 Å². The fraction of sp³-hybridized carbons (Fsp3) is 0.714. The van der Waals surface area contributed by atoms with Crippen molar-refractivity contribution in [2.75, 3.05) is 19.7 Å². The molecule has 0 aliphatic carbocycles. The zero-order chi connectivity index (χ0) is 13.4. The number of hydrogen-bond acceptors (Lipinski definition) is 3. The molecule has 0 aromatic heterocycles. The van der Waals surface area contributed by atoms with Crippen LogP contribution in [0.3, 0.4) is 0 Å². The van der Waals surface area contributed by atoms with Gasteiger partial charge in [0.25, 0.3) is 0 Å². The van der Waals surface area contributed by atoms with Crippen molar-refractivity contribution in [3.63, 3.8) is 0 Å². The molecular formula is C14H23NO3. The molecule has 1 aliphatic rings. The summed E-state index contributed by atoms with van der Waals surface area (Å²) in [7, 11) is 0. The molecule has 18 heavy (non-hydrogen) atoms. The fourth-order valence-electron chi connectivity index (χ4n) is 1.99. The van der Waals surface area contributed by atoms with Gasteiger partial charge in [-0.05, 0) is 32.6 Å². The zero-order valence-electron chi connectivity index (χ0n) is 11.2. The molecule has 0 spiro atoms. The lowest BCUT2D eigenvalue weighted by Gasteiger charge is -2.14. The van der Waals surface area contributed by atoms with Crippen LogP contribution < -0.4 is 0 Å². The van der Waals surface area contributed by atoms with Crippen LogP contribution >= 0.6 is 0 Å². The van der Waals surface area contributed by atoms with E-state index in [9.17, 15) is 9.59 Å². The van der Waals surface area contributed by atoms with Crippen molar-refractivity contribution in [1.29, 1.82) is 0 Å². The highest BCUT2D eigenvalue weighted by Crippen LogP contribution is 2.11. The number of carbonyl (C=O) groups is 2. The van der Waals surface area contributed by atoms with Crippen LogP contribution in [0, 0.1) is 0 Å². The average Bonchev–Trinajstić information content (AvgIpc) is 2.73. The Morgan fingerprint density at radius 2 is 2.06 bits per heavy atom. The van der Waals surface area contributed by atoms with Crippen LogP contribution in [0.1, 0.15) is 45.4 Å². The van der Waals surface area contributed by atoms with Crippen LogP contribution in [0.4, 0.5) is 0 Å². The molecule has 4 nitrogen and oxygen atoms in total. The molecule has 1 saturated heterocycles. The van der Waals surface area contributed by atoms with Crippen LogP contribution in [0.15, 0.2) is 12.2 Å². The van der Waals surface area contributed by atoms with Crippen molar-refractivity contribution in [3.8, 4) is 0 Å². The largest absolute Gasteiger partial charge is 0.462 e. The Hall–Kier alpha value is -1.32. The first-order valence-electron chi connectivity index (χ1n) is 6.71. The fourth-order valence-corrected chi connectivity index (χ4v) is 1.99. The number of nitrogens with zero attached hydrogens (tertiary/aromatic N) is 1. The highest BCUT2D eigenvalue weighted by Gasteiger charge is 2.18. The van der Waals surface area contributed by atoms with Gasteiger partial charge in [-0.15, -0.1) is 0 Å². The molecule has 4 heteroatoms.